The SMILES string of the molecule is NC(=O)c1cnccc1N1CCOC(c2cc(F)c(Cl)cc2Cl)C1. The van der Waals surface area contributed by atoms with Gasteiger partial charge in [-0.1, -0.05) is 23.2 Å². The van der Waals surface area contributed by atoms with Crippen molar-refractivity contribution in [3.8, 4) is 0 Å². The maximum Gasteiger partial charge on any atom is 0.252 e. The van der Waals surface area contributed by atoms with E-state index in [4.69, 9.17) is 33.7 Å². The summed E-state index contributed by atoms with van der Waals surface area (Å²) in [7, 11) is 0. The number of aromatic nitrogens is 1. The average molecular weight is 370 g/mol. The van der Waals surface area contributed by atoms with Crippen molar-refractivity contribution in [1.29, 1.82) is 0 Å². The minimum absolute atomic E-state index is 0.0402. The third kappa shape index (κ3) is 3.31. The van der Waals surface area contributed by atoms with E-state index in [2.05, 4.69) is 4.98 Å². The molecule has 0 spiro atoms. The first-order chi connectivity index (χ1) is 11.5. The van der Waals surface area contributed by atoms with Crippen molar-refractivity contribution in [2.24, 2.45) is 5.73 Å². The fraction of sp³-hybridized carbons (Fsp3) is 0.250. The van der Waals surface area contributed by atoms with Crippen LogP contribution in [0.4, 0.5) is 10.1 Å². The van der Waals surface area contributed by atoms with Gasteiger partial charge in [-0.25, -0.2) is 4.39 Å². The Morgan fingerprint density at radius 1 is 1.38 bits per heavy atom. The molecule has 3 rings (SSSR count). The number of halogens is 3. The number of pyridine rings is 1. The highest BCUT2D eigenvalue weighted by Crippen LogP contribution is 2.34. The number of amides is 1. The van der Waals surface area contributed by atoms with E-state index in [1.807, 2.05) is 4.90 Å². The zero-order valence-electron chi connectivity index (χ0n) is 12.5. The van der Waals surface area contributed by atoms with Gasteiger partial charge in [-0.15, -0.1) is 0 Å². The van der Waals surface area contributed by atoms with E-state index < -0.39 is 17.8 Å². The zero-order valence-corrected chi connectivity index (χ0v) is 14.0. The fourth-order valence-electron chi connectivity index (χ4n) is 2.69. The Bertz CT molecular complexity index is 788. The van der Waals surface area contributed by atoms with E-state index in [1.165, 1.54) is 18.3 Å². The Morgan fingerprint density at radius 3 is 2.92 bits per heavy atom. The molecule has 1 aliphatic heterocycles. The molecule has 2 N–H and O–H groups in total. The normalized spacial score (nSPS) is 17.8. The van der Waals surface area contributed by atoms with Crippen molar-refractivity contribution in [1.82, 2.24) is 4.98 Å². The smallest absolute Gasteiger partial charge is 0.252 e. The van der Waals surface area contributed by atoms with Crippen molar-refractivity contribution in [2.75, 3.05) is 24.6 Å². The summed E-state index contributed by atoms with van der Waals surface area (Å²) in [6.07, 6.45) is 2.56. The van der Waals surface area contributed by atoms with E-state index in [-0.39, 0.29) is 5.02 Å². The zero-order chi connectivity index (χ0) is 17.3. The summed E-state index contributed by atoms with van der Waals surface area (Å²) < 4.78 is 19.5. The van der Waals surface area contributed by atoms with Gasteiger partial charge < -0.3 is 15.4 Å². The molecule has 5 nitrogen and oxygen atoms in total. The Hall–Kier alpha value is -1.89. The minimum atomic E-state index is -0.559. The molecule has 1 saturated heterocycles. The molecule has 1 aliphatic rings. The quantitative estimate of drug-likeness (QED) is 0.843. The number of nitrogens with zero attached hydrogens (tertiary/aromatic N) is 2. The maximum absolute atomic E-state index is 13.8. The number of rotatable bonds is 3. The summed E-state index contributed by atoms with van der Waals surface area (Å²) in [5, 5.41) is 0.291. The summed E-state index contributed by atoms with van der Waals surface area (Å²) in [6, 6.07) is 4.35. The molecule has 0 bridgehead atoms. The number of benzene rings is 1. The van der Waals surface area contributed by atoms with Crippen LogP contribution in [-0.2, 0) is 4.74 Å². The lowest BCUT2D eigenvalue weighted by Gasteiger charge is -2.35. The van der Waals surface area contributed by atoms with Crippen LogP contribution in [0.2, 0.25) is 10.0 Å². The van der Waals surface area contributed by atoms with Crippen LogP contribution < -0.4 is 10.6 Å². The lowest BCUT2D eigenvalue weighted by Crippen LogP contribution is -2.39. The van der Waals surface area contributed by atoms with Crippen LogP contribution >= 0.6 is 23.2 Å². The number of carbonyl (C=O) groups is 1. The molecule has 24 heavy (non-hydrogen) atoms. The van der Waals surface area contributed by atoms with Crippen LogP contribution in [0.15, 0.2) is 30.6 Å². The number of nitrogens with two attached hydrogens (primary N) is 1. The third-order valence-electron chi connectivity index (χ3n) is 3.86. The number of hydrogen-bond acceptors (Lipinski definition) is 4. The largest absolute Gasteiger partial charge is 0.370 e. The highest BCUT2D eigenvalue weighted by atomic mass is 35.5. The Morgan fingerprint density at radius 2 is 2.17 bits per heavy atom. The molecule has 1 amide bonds. The van der Waals surface area contributed by atoms with Crippen molar-refractivity contribution in [2.45, 2.75) is 6.10 Å². The molecule has 1 fully saturated rings. The predicted molar refractivity (Wildman–Crippen MR) is 90.1 cm³/mol. The molecule has 0 aliphatic carbocycles. The Labute approximate surface area is 148 Å². The highest BCUT2D eigenvalue weighted by Gasteiger charge is 2.27. The predicted octanol–water partition coefficient (Wildman–Crippen LogP) is 3.20. The van der Waals surface area contributed by atoms with Crippen molar-refractivity contribution >= 4 is 34.8 Å². The molecule has 1 aromatic carbocycles. The number of primary amides is 1. The van der Waals surface area contributed by atoms with Crippen LogP contribution in [0.3, 0.4) is 0 Å². The van der Waals surface area contributed by atoms with E-state index in [0.717, 1.165) is 0 Å². The van der Waals surface area contributed by atoms with Crippen LogP contribution in [-0.4, -0.2) is 30.6 Å². The van der Waals surface area contributed by atoms with Gasteiger partial charge in [0.1, 0.15) is 11.9 Å². The average Bonchev–Trinajstić information content (AvgIpc) is 2.58. The van der Waals surface area contributed by atoms with Crippen LogP contribution in [0, 0.1) is 5.82 Å². The van der Waals surface area contributed by atoms with Gasteiger partial charge in [-0.05, 0) is 18.2 Å². The number of anilines is 1. The first kappa shape index (κ1) is 17.0. The van der Waals surface area contributed by atoms with E-state index in [9.17, 15) is 9.18 Å². The first-order valence-corrected chi connectivity index (χ1v) is 7.97. The van der Waals surface area contributed by atoms with Crippen molar-refractivity contribution < 1.29 is 13.9 Å². The van der Waals surface area contributed by atoms with Gasteiger partial charge in [0.05, 0.1) is 22.9 Å². The summed E-state index contributed by atoms with van der Waals surface area (Å²) in [4.78, 5) is 17.5. The fourth-order valence-corrected chi connectivity index (χ4v) is 3.20. The third-order valence-corrected chi connectivity index (χ3v) is 4.47. The van der Waals surface area contributed by atoms with E-state index in [1.54, 1.807) is 12.3 Å². The van der Waals surface area contributed by atoms with Gasteiger partial charge in [-0.3, -0.25) is 9.78 Å². The lowest BCUT2D eigenvalue weighted by atomic mass is 10.1. The second-order valence-electron chi connectivity index (χ2n) is 5.35. The lowest BCUT2D eigenvalue weighted by molar-refractivity contribution is 0.0396. The van der Waals surface area contributed by atoms with Crippen molar-refractivity contribution in [3.05, 3.63) is 57.6 Å². The molecule has 2 aromatic rings. The van der Waals surface area contributed by atoms with Crippen LogP contribution in [0.25, 0.3) is 0 Å². The van der Waals surface area contributed by atoms with Gasteiger partial charge in [0, 0.05) is 36.1 Å². The minimum Gasteiger partial charge on any atom is -0.370 e. The Balaban J connectivity index is 1.91. The molecule has 8 heteroatoms. The topological polar surface area (TPSA) is 68.5 Å². The molecule has 1 atom stereocenters. The summed E-state index contributed by atoms with van der Waals surface area (Å²) in [6.45, 7) is 1.35. The monoisotopic (exact) mass is 369 g/mol. The second-order valence-corrected chi connectivity index (χ2v) is 6.16. The van der Waals surface area contributed by atoms with E-state index >= 15 is 0 Å². The van der Waals surface area contributed by atoms with Gasteiger partial charge in [0.15, 0.2) is 0 Å². The van der Waals surface area contributed by atoms with Gasteiger partial charge >= 0.3 is 0 Å². The molecule has 126 valence electrons. The van der Waals surface area contributed by atoms with Gasteiger partial charge in [0.25, 0.3) is 5.91 Å². The summed E-state index contributed by atoms with van der Waals surface area (Å²) in [5.74, 6) is -1.12. The summed E-state index contributed by atoms with van der Waals surface area (Å²) >= 11 is 11.9. The van der Waals surface area contributed by atoms with Crippen LogP contribution in [0.5, 0.6) is 0 Å². The molecule has 0 radical (unpaired) electrons. The number of morpholine rings is 1. The molecular formula is C16H14Cl2FN3O2. The molecular weight excluding hydrogens is 356 g/mol. The van der Waals surface area contributed by atoms with Gasteiger partial charge in [0.2, 0.25) is 0 Å². The number of hydrogen-bond donors (Lipinski definition) is 1. The van der Waals surface area contributed by atoms with Crippen molar-refractivity contribution in [3.63, 3.8) is 0 Å². The molecule has 2 heterocycles. The summed E-state index contributed by atoms with van der Waals surface area (Å²) in [5.41, 5.74) is 6.91. The molecule has 0 saturated carbocycles. The number of ether oxygens (including phenoxy) is 1. The van der Waals surface area contributed by atoms with Crippen LogP contribution in [0.1, 0.15) is 22.0 Å². The number of carbonyl (C=O) groups excluding carboxylic acids is 1. The molecule has 1 unspecified atom stereocenters. The first-order valence-electron chi connectivity index (χ1n) is 7.22. The van der Waals surface area contributed by atoms with E-state index in [0.29, 0.717) is 41.5 Å². The Kier molecular flexibility index (Phi) is 4.89. The molecule has 1 aromatic heterocycles. The highest BCUT2D eigenvalue weighted by molar-refractivity contribution is 6.35. The van der Waals surface area contributed by atoms with Gasteiger partial charge in [-0.2, -0.15) is 0 Å². The maximum atomic E-state index is 13.8. The standard InChI is InChI=1S/C16H14Cl2FN3O2/c17-11-6-12(18)13(19)5-9(11)15-8-22(3-4-24-15)14-1-2-21-7-10(14)16(20)23/h1-2,5-7,15H,3-4,8H2,(H2,20,23). The second kappa shape index (κ2) is 6.93.